The molecule has 4 rings (SSSR count). The lowest BCUT2D eigenvalue weighted by molar-refractivity contribution is -0.140. The van der Waals surface area contributed by atoms with Gasteiger partial charge in [0.2, 0.25) is 0 Å². The number of ether oxygens (including phenoxy) is 1. The Morgan fingerprint density at radius 2 is 1.71 bits per heavy atom. The van der Waals surface area contributed by atoms with Gasteiger partial charge in [-0.1, -0.05) is 55.8 Å². The van der Waals surface area contributed by atoms with Crippen LogP contribution in [0, 0.1) is 13.8 Å². The lowest BCUT2D eigenvalue weighted by atomic mass is 9.92. The fourth-order valence-electron chi connectivity index (χ4n) is 4.73. The molecule has 2 heterocycles. The van der Waals surface area contributed by atoms with E-state index in [4.69, 9.17) is 4.74 Å². The predicted molar refractivity (Wildman–Crippen MR) is 133 cm³/mol. The summed E-state index contributed by atoms with van der Waals surface area (Å²) in [5.74, 6) is -0.917. The number of rotatable bonds is 6. The molecule has 6 nitrogen and oxygen atoms in total. The summed E-state index contributed by atoms with van der Waals surface area (Å²) in [5, 5.41) is 11.4. The van der Waals surface area contributed by atoms with Crippen molar-refractivity contribution < 1.29 is 19.4 Å². The third-order valence-electron chi connectivity index (χ3n) is 6.87. The number of hydrogen-bond donors (Lipinski definition) is 1. The number of hydrogen-bond acceptors (Lipinski definition) is 5. The van der Waals surface area contributed by atoms with Crippen LogP contribution in [0.1, 0.15) is 53.6 Å². The van der Waals surface area contributed by atoms with Crippen molar-refractivity contribution in [2.75, 3.05) is 39.4 Å². The number of Topliss-reactive ketones (excluding diaryl/α,β-unsaturated/α-hetero) is 1. The van der Waals surface area contributed by atoms with E-state index >= 15 is 0 Å². The first-order valence-corrected chi connectivity index (χ1v) is 12.0. The van der Waals surface area contributed by atoms with E-state index in [0.29, 0.717) is 37.8 Å². The quantitative estimate of drug-likeness (QED) is 0.396. The van der Waals surface area contributed by atoms with Crippen LogP contribution < -0.4 is 0 Å². The molecule has 0 saturated carbocycles. The first kappa shape index (κ1) is 24.2. The average Bonchev–Trinajstić information content (AvgIpc) is 3.09. The molecule has 2 fully saturated rings. The molecule has 1 atom stereocenters. The molecule has 2 saturated heterocycles. The molecule has 0 bridgehead atoms. The van der Waals surface area contributed by atoms with E-state index in [-0.39, 0.29) is 11.3 Å². The second-order valence-electron chi connectivity index (χ2n) is 9.59. The number of benzene rings is 2. The molecule has 2 aliphatic rings. The summed E-state index contributed by atoms with van der Waals surface area (Å²) >= 11 is 0. The van der Waals surface area contributed by atoms with Crippen LogP contribution in [0.3, 0.4) is 0 Å². The van der Waals surface area contributed by atoms with E-state index < -0.39 is 17.7 Å². The molecular weight excluding hydrogens is 428 g/mol. The second kappa shape index (κ2) is 10.1. The maximum Gasteiger partial charge on any atom is 0.295 e. The largest absolute Gasteiger partial charge is 0.507 e. The van der Waals surface area contributed by atoms with E-state index in [1.54, 1.807) is 4.90 Å². The van der Waals surface area contributed by atoms with E-state index in [2.05, 4.69) is 18.7 Å². The lowest BCUT2D eigenvalue weighted by Gasteiger charge is -2.31. The van der Waals surface area contributed by atoms with Crippen molar-refractivity contribution >= 4 is 17.4 Å². The van der Waals surface area contributed by atoms with Gasteiger partial charge in [-0.3, -0.25) is 14.5 Å². The van der Waals surface area contributed by atoms with Gasteiger partial charge in [-0.2, -0.15) is 0 Å². The van der Waals surface area contributed by atoms with Gasteiger partial charge in [0.05, 0.1) is 24.8 Å². The number of morpholine rings is 1. The summed E-state index contributed by atoms with van der Waals surface area (Å²) in [5.41, 5.74) is 4.61. The molecule has 2 aliphatic heterocycles. The first-order chi connectivity index (χ1) is 16.3. The standard InChI is InChI=1S/C28H34N2O4/c1-18(2)21-7-9-22(10-8-21)25-24(26(31)23-17-19(3)5-6-20(23)4)27(32)28(33)30(25)12-11-29-13-15-34-16-14-29/h5-10,17-18,25,31H,11-16H2,1-4H3. The van der Waals surface area contributed by atoms with E-state index in [9.17, 15) is 14.7 Å². The topological polar surface area (TPSA) is 70.1 Å². The van der Waals surface area contributed by atoms with Crippen LogP contribution in [0.5, 0.6) is 0 Å². The van der Waals surface area contributed by atoms with Crippen LogP contribution in [-0.4, -0.2) is 66.0 Å². The van der Waals surface area contributed by atoms with Gasteiger partial charge < -0.3 is 14.7 Å². The number of carbonyl (C=O) groups excluding carboxylic acids is 2. The minimum absolute atomic E-state index is 0.105. The number of aliphatic hydroxyl groups excluding tert-OH is 1. The Hall–Kier alpha value is -2.96. The lowest BCUT2D eigenvalue weighted by Crippen LogP contribution is -2.42. The van der Waals surface area contributed by atoms with Gasteiger partial charge in [0, 0.05) is 31.7 Å². The Bertz CT molecular complexity index is 1100. The third-order valence-corrected chi connectivity index (χ3v) is 6.87. The summed E-state index contributed by atoms with van der Waals surface area (Å²) in [6.45, 7) is 12.1. The Labute approximate surface area is 201 Å². The smallest absolute Gasteiger partial charge is 0.295 e. The molecule has 0 aromatic heterocycles. The summed E-state index contributed by atoms with van der Waals surface area (Å²) in [6.07, 6.45) is 0. The molecule has 1 unspecified atom stereocenters. The molecule has 180 valence electrons. The highest BCUT2D eigenvalue weighted by Gasteiger charge is 2.46. The highest BCUT2D eigenvalue weighted by atomic mass is 16.5. The maximum atomic E-state index is 13.3. The van der Waals surface area contributed by atoms with Crippen LogP contribution in [0.4, 0.5) is 0 Å². The SMILES string of the molecule is Cc1ccc(C)c(C(O)=C2C(=O)C(=O)N(CCN3CCOCC3)C2c2ccc(C(C)C)cc2)c1. The van der Waals surface area contributed by atoms with Crippen LogP contribution in [-0.2, 0) is 14.3 Å². The van der Waals surface area contributed by atoms with E-state index in [0.717, 1.165) is 29.8 Å². The van der Waals surface area contributed by atoms with Crippen LogP contribution >= 0.6 is 0 Å². The number of likely N-dealkylation sites (tertiary alicyclic amines) is 1. The first-order valence-electron chi connectivity index (χ1n) is 12.0. The van der Waals surface area contributed by atoms with Crippen LogP contribution in [0.2, 0.25) is 0 Å². The zero-order chi connectivity index (χ0) is 24.4. The Morgan fingerprint density at radius 1 is 1.03 bits per heavy atom. The molecule has 2 aromatic rings. The van der Waals surface area contributed by atoms with E-state index in [1.165, 1.54) is 5.56 Å². The molecule has 6 heteroatoms. The van der Waals surface area contributed by atoms with Gasteiger partial charge in [-0.05, 0) is 42.5 Å². The molecule has 1 amide bonds. The third kappa shape index (κ3) is 4.79. The van der Waals surface area contributed by atoms with Crippen molar-refractivity contribution in [3.63, 3.8) is 0 Å². The summed E-state index contributed by atoms with van der Waals surface area (Å²) in [4.78, 5) is 30.4. The Morgan fingerprint density at radius 3 is 2.35 bits per heavy atom. The maximum absolute atomic E-state index is 13.3. The second-order valence-corrected chi connectivity index (χ2v) is 9.59. The van der Waals surface area contributed by atoms with Crippen molar-refractivity contribution in [3.8, 4) is 0 Å². The Balaban J connectivity index is 1.77. The molecule has 2 aromatic carbocycles. The number of amides is 1. The van der Waals surface area contributed by atoms with Crippen molar-refractivity contribution in [2.24, 2.45) is 0 Å². The fourth-order valence-corrected chi connectivity index (χ4v) is 4.73. The number of aliphatic hydroxyl groups is 1. The van der Waals surface area contributed by atoms with Gasteiger partial charge in [-0.25, -0.2) is 0 Å². The van der Waals surface area contributed by atoms with Crippen LogP contribution in [0.15, 0.2) is 48.0 Å². The number of ketones is 1. The molecule has 0 aliphatic carbocycles. The summed E-state index contributed by atoms with van der Waals surface area (Å²) in [7, 11) is 0. The number of aryl methyl sites for hydroxylation is 2. The molecular formula is C28H34N2O4. The van der Waals surface area contributed by atoms with Crippen molar-refractivity contribution in [3.05, 3.63) is 75.9 Å². The van der Waals surface area contributed by atoms with E-state index in [1.807, 2.05) is 56.3 Å². The highest BCUT2D eigenvalue weighted by molar-refractivity contribution is 6.46. The van der Waals surface area contributed by atoms with Gasteiger partial charge in [-0.15, -0.1) is 0 Å². The minimum atomic E-state index is -0.627. The summed E-state index contributed by atoms with van der Waals surface area (Å²) in [6, 6.07) is 13.2. The number of nitrogens with zero attached hydrogens (tertiary/aromatic N) is 2. The van der Waals surface area contributed by atoms with Crippen molar-refractivity contribution in [2.45, 2.75) is 39.7 Å². The van der Waals surface area contributed by atoms with Crippen LogP contribution in [0.25, 0.3) is 5.76 Å². The van der Waals surface area contributed by atoms with Crippen molar-refractivity contribution in [1.29, 1.82) is 0 Å². The van der Waals surface area contributed by atoms with Gasteiger partial charge in [0.1, 0.15) is 5.76 Å². The molecule has 1 N–H and O–H groups in total. The van der Waals surface area contributed by atoms with Gasteiger partial charge >= 0.3 is 0 Å². The zero-order valence-electron chi connectivity index (χ0n) is 20.5. The summed E-state index contributed by atoms with van der Waals surface area (Å²) < 4.78 is 5.43. The van der Waals surface area contributed by atoms with Crippen molar-refractivity contribution in [1.82, 2.24) is 9.80 Å². The molecule has 0 spiro atoms. The predicted octanol–water partition coefficient (Wildman–Crippen LogP) is 4.18. The fraction of sp³-hybridized carbons (Fsp3) is 0.429. The zero-order valence-corrected chi connectivity index (χ0v) is 20.5. The monoisotopic (exact) mass is 462 g/mol. The normalized spacial score (nSPS) is 21.0. The van der Waals surface area contributed by atoms with Gasteiger partial charge in [0.15, 0.2) is 0 Å². The minimum Gasteiger partial charge on any atom is -0.507 e. The molecule has 0 radical (unpaired) electrons. The number of carbonyl (C=O) groups is 2. The highest BCUT2D eigenvalue weighted by Crippen LogP contribution is 2.40. The molecule has 34 heavy (non-hydrogen) atoms. The average molecular weight is 463 g/mol. The van der Waals surface area contributed by atoms with Gasteiger partial charge in [0.25, 0.3) is 11.7 Å². The Kier molecular flexibility index (Phi) is 7.19.